The first-order valence-electron chi connectivity index (χ1n) is 5.19. The zero-order valence-corrected chi connectivity index (χ0v) is 9.30. The number of aromatic amines is 1. The lowest BCUT2D eigenvalue weighted by Gasteiger charge is -2.34. The minimum absolute atomic E-state index is 0.0352. The predicted molar refractivity (Wildman–Crippen MR) is 56.7 cm³/mol. The molecule has 1 fully saturated rings. The highest BCUT2D eigenvalue weighted by atomic mass is 16.5. The molecule has 3 N–H and O–H groups in total. The molecule has 2 atom stereocenters. The van der Waals surface area contributed by atoms with Gasteiger partial charge in [-0.2, -0.15) is 4.98 Å². The minimum atomic E-state index is -0.189. The molecule has 1 aromatic heterocycles. The van der Waals surface area contributed by atoms with Gasteiger partial charge in [0.25, 0.3) is 5.91 Å². The van der Waals surface area contributed by atoms with Gasteiger partial charge in [0.2, 0.25) is 11.8 Å². The zero-order chi connectivity index (χ0) is 11.7. The van der Waals surface area contributed by atoms with Gasteiger partial charge in [-0.15, -0.1) is 5.10 Å². The van der Waals surface area contributed by atoms with Crippen LogP contribution in [-0.2, 0) is 4.74 Å². The maximum Gasteiger partial charge on any atom is 0.291 e. The van der Waals surface area contributed by atoms with Crippen molar-refractivity contribution in [2.45, 2.75) is 26.1 Å². The summed E-state index contributed by atoms with van der Waals surface area (Å²) in [4.78, 5) is 17.5. The predicted octanol–water partition coefficient (Wildman–Crippen LogP) is -0.364. The third kappa shape index (κ3) is 2.13. The van der Waals surface area contributed by atoms with E-state index in [1.54, 1.807) is 4.90 Å². The number of aromatic nitrogens is 3. The highest BCUT2D eigenvalue weighted by Gasteiger charge is 2.28. The number of amides is 1. The van der Waals surface area contributed by atoms with Crippen molar-refractivity contribution in [2.24, 2.45) is 0 Å². The number of nitrogens with one attached hydrogen (secondary N) is 1. The van der Waals surface area contributed by atoms with Crippen molar-refractivity contribution in [3.63, 3.8) is 0 Å². The summed E-state index contributed by atoms with van der Waals surface area (Å²) in [5, 5.41) is 6.15. The van der Waals surface area contributed by atoms with E-state index in [0.29, 0.717) is 13.1 Å². The maximum absolute atomic E-state index is 12.0. The number of hydrogen-bond acceptors (Lipinski definition) is 5. The highest BCUT2D eigenvalue weighted by Crippen LogP contribution is 2.12. The summed E-state index contributed by atoms with van der Waals surface area (Å²) in [6.07, 6.45) is 0.0703. The second-order valence-electron chi connectivity index (χ2n) is 4.01. The minimum Gasteiger partial charge on any atom is -0.372 e. The second kappa shape index (κ2) is 4.09. The van der Waals surface area contributed by atoms with Crippen molar-refractivity contribution < 1.29 is 9.53 Å². The van der Waals surface area contributed by atoms with Gasteiger partial charge in [-0.1, -0.05) is 0 Å². The largest absolute Gasteiger partial charge is 0.372 e. The number of ether oxygens (including phenoxy) is 1. The van der Waals surface area contributed by atoms with E-state index in [1.165, 1.54) is 0 Å². The Kier molecular flexibility index (Phi) is 2.78. The van der Waals surface area contributed by atoms with Crippen LogP contribution in [0.4, 0.5) is 5.95 Å². The lowest BCUT2D eigenvalue weighted by Crippen LogP contribution is -2.48. The molecule has 2 rings (SSSR count). The van der Waals surface area contributed by atoms with Crippen LogP contribution in [0.1, 0.15) is 24.5 Å². The Morgan fingerprint density at radius 1 is 1.50 bits per heavy atom. The van der Waals surface area contributed by atoms with E-state index >= 15 is 0 Å². The first-order chi connectivity index (χ1) is 7.56. The molecule has 1 aliphatic rings. The molecule has 16 heavy (non-hydrogen) atoms. The molecule has 0 saturated carbocycles. The van der Waals surface area contributed by atoms with Crippen molar-refractivity contribution in [3.05, 3.63) is 5.82 Å². The Bertz CT molecular complexity index is 381. The molecule has 1 aliphatic heterocycles. The molecular formula is C9H15N5O2. The van der Waals surface area contributed by atoms with E-state index in [0.717, 1.165) is 0 Å². The molecule has 0 aliphatic carbocycles. The smallest absolute Gasteiger partial charge is 0.291 e. The number of nitrogens with zero attached hydrogens (tertiary/aromatic N) is 3. The summed E-state index contributed by atoms with van der Waals surface area (Å²) in [5.41, 5.74) is 5.35. The van der Waals surface area contributed by atoms with Gasteiger partial charge < -0.3 is 15.4 Å². The van der Waals surface area contributed by atoms with Crippen molar-refractivity contribution in [3.8, 4) is 0 Å². The summed E-state index contributed by atoms with van der Waals surface area (Å²) in [6.45, 7) is 4.99. The van der Waals surface area contributed by atoms with Crippen LogP contribution in [0.25, 0.3) is 0 Å². The SMILES string of the molecule is C[C@@H]1CN(C(=O)c2nc(N)n[nH]2)C[C@H](C)O1. The third-order valence-corrected chi connectivity index (χ3v) is 2.41. The van der Waals surface area contributed by atoms with Gasteiger partial charge in [-0.05, 0) is 13.8 Å². The van der Waals surface area contributed by atoms with E-state index in [1.807, 2.05) is 13.8 Å². The summed E-state index contributed by atoms with van der Waals surface area (Å²) in [5.74, 6) is 0.0720. The molecular weight excluding hydrogens is 210 g/mol. The number of nitrogen functional groups attached to an aromatic ring is 1. The number of H-pyrrole nitrogens is 1. The number of anilines is 1. The Labute approximate surface area is 93.0 Å². The molecule has 0 spiro atoms. The fourth-order valence-electron chi connectivity index (χ4n) is 1.86. The van der Waals surface area contributed by atoms with Crippen LogP contribution >= 0.6 is 0 Å². The average Bonchev–Trinajstić information content (AvgIpc) is 2.62. The van der Waals surface area contributed by atoms with E-state index < -0.39 is 0 Å². The topological polar surface area (TPSA) is 97.1 Å². The van der Waals surface area contributed by atoms with E-state index in [2.05, 4.69) is 15.2 Å². The summed E-state index contributed by atoms with van der Waals surface area (Å²) < 4.78 is 5.54. The fourth-order valence-corrected chi connectivity index (χ4v) is 1.86. The van der Waals surface area contributed by atoms with Crippen LogP contribution in [0, 0.1) is 0 Å². The summed E-state index contributed by atoms with van der Waals surface area (Å²) in [6, 6.07) is 0. The molecule has 0 aromatic carbocycles. The van der Waals surface area contributed by atoms with Crippen LogP contribution in [0.3, 0.4) is 0 Å². The van der Waals surface area contributed by atoms with Crippen LogP contribution in [0.5, 0.6) is 0 Å². The molecule has 0 radical (unpaired) electrons. The Morgan fingerprint density at radius 3 is 2.62 bits per heavy atom. The zero-order valence-electron chi connectivity index (χ0n) is 9.30. The third-order valence-electron chi connectivity index (χ3n) is 2.41. The van der Waals surface area contributed by atoms with Gasteiger partial charge in [0.15, 0.2) is 0 Å². The maximum atomic E-state index is 12.0. The quantitative estimate of drug-likeness (QED) is 0.680. The molecule has 7 heteroatoms. The van der Waals surface area contributed by atoms with E-state index in [-0.39, 0.29) is 29.9 Å². The van der Waals surface area contributed by atoms with E-state index in [9.17, 15) is 4.79 Å². The summed E-state index contributed by atoms with van der Waals surface area (Å²) in [7, 11) is 0. The van der Waals surface area contributed by atoms with Crippen molar-refractivity contribution >= 4 is 11.9 Å². The van der Waals surface area contributed by atoms with Gasteiger partial charge in [-0.25, -0.2) is 0 Å². The lowest BCUT2D eigenvalue weighted by atomic mass is 10.2. The molecule has 1 saturated heterocycles. The number of rotatable bonds is 1. The molecule has 0 unspecified atom stereocenters. The Balaban J connectivity index is 2.09. The second-order valence-corrected chi connectivity index (χ2v) is 4.01. The van der Waals surface area contributed by atoms with Gasteiger partial charge >= 0.3 is 0 Å². The molecule has 1 aromatic rings. The summed E-state index contributed by atoms with van der Waals surface area (Å²) >= 11 is 0. The highest BCUT2D eigenvalue weighted by molar-refractivity contribution is 5.90. The van der Waals surface area contributed by atoms with Gasteiger partial charge in [0.05, 0.1) is 12.2 Å². The molecule has 88 valence electrons. The number of carbonyl (C=O) groups excluding carboxylic acids is 1. The first kappa shape index (κ1) is 10.9. The lowest BCUT2D eigenvalue weighted by molar-refractivity contribution is -0.0588. The molecule has 7 nitrogen and oxygen atoms in total. The number of carbonyl (C=O) groups is 1. The number of morpholine rings is 1. The monoisotopic (exact) mass is 225 g/mol. The van der Waals surface area contributed by atoms with Gasteiger partial charge in [0.1, 0.15) is 0 Å². The van der Waals surface area contributed by atoms with Crippen LogP contribution in [-0.4, -0.2) is 51.3 Å². The molecule has 0 bridgehead atoms. The number of hydrogen-bond donors (Lipinski definition) is 2. The van der Waals surface area contributed by atoms with Crippen LogP contribution in [0.2, 0.25) is 0 Å². The fraction of sp³-hybridized carbons (Fsp3) is 0.667. The molecule has 2 heterocycles. The van der Waals surface area contributed by atoms with Crippen LogP contribution < -0.4 is 5.73 Å². The normalized spacial score (nSPS) is 25.8. The van der Waals surface area contributed by atoms with Crippen LogP contribution in [0.15, 0.2) is 0 Å². The van der Waals surface area contributed by atoms with Gasteiger partial charge in [0, 0.05) is 13.1 Å². The van der Waals surface area contributed by atoms with Crippen molar-refractivity contribution in [1.29, 1.82) is 0 Å². The number of nitrogens with two attached hydrogens (primary N) is 1. The van der Waals surface area contributed by atoms with Gasteiger partial charge in [-0.3, -0.25) is 9.89 Å². The average molecular weight is 225 g/mol. The van der Waals surface area contributed by atoms with Crippen molar-refractivity contribution in [2.75, 3.05) is 18.8 Å². The first-order valence-corrected chi connectivity index (χ1v) is 5.19. The Hall–Kier alpha value is -1.63. The van der Waals surface area contributed by atoms with Crippen molar-refractivity contribution in [1.82, 2.24) is 20.1 Å². The van der Waals surface area contributed by atoms with E-state index in [4.69, 9.17) is 10.5 Å². The molecule has 1 amide bonds. The standard InChI is InChI=1S/C9H15N5O2/c1-5-3-14(4-6(2)16-5)8(15)7-11-9(10)13-12-7/h5-6H,3-4H2,1-2H3,(H3,10,11,12,13)/t5-,6+. The Morgan fingerprint density at radius 2 is 2.12 bits per heavy atom.